The first-order chi connectivity index (χ1) is 13.6. The summed E-state index contributed by atoms with van der Waals surface area (Å²) in [5.74, 6) is 0.238. The van der Waals surface area contributed by atoms with Gasteiger partial charge in [-0.25, -0.2) is 19.2 Å². The number of carbonyl (C=O) groups is 2. The number of anilines is 2. The summed E-state index contributed by atoms with van der Waals surface area (Å²) in [6.45, 7) is 2.82. The van der Waals surface area contributed by atoms with Gasteiger partial charge in [0.1, 0.15) is 5.82 Å². The SMILES string of the molecule is O=C(N[C@H]1CC(=O)N(c2ccc(F)cc2)C1)N1CCN(c2ncccn2)CC1. The largest absolute Gasteiger partial charge is 0.337 e. The molecule has 1 aromatic carbocycles. The van der Waals surface area contributed by atoms with Crippen LogP contribution in [-0.4, -0.2) is 65.6 Å². The minimum Gasteiger partial charge on any atom is -0.337 e. The van der Waals surface area contributed by atoms with Crippen molar-refractivity contribution in [3.8, 4) is 0 Å². The van der Waals surface area contributed by atoms with E-state index in [-0.39, 0.29) is 30.2 Å². The van der Waals surface area contributed by atoms with Crippen molar-refractivity contribution >= 4 is 23.6 Å². The Morgan fingerprint density at radius 2 is 1.75 bits per heavy atom. The topological polar surface area (TPSA) is 81.7 Å². The number of amides is 3. The third-order valence-corrected chi connectivity index (χ3v) is 4.99. The Labute approximate surface area is 162 Å². The molecule has 1 atom stereocenters. The molecule has 0 aliphatic carbocycles. The minimum absolute atomic E-state index is 0.0806. The van der Waals surface area contributed by atoms with E-state index in [0.717, 1.165) is 0 Å². The first-order valence-electron chi connectivity index (χ1n) is 9.23. The van der Waals surface area contributed by atoms with E-state index in [9.17, 15) is 14.0 Å². The molecule has 4 rings (SSSR count). The zero-order valence-corrected chi connectivity index (χ0v) is 15.3. The molecule has 0 bridgehead atoms. The molecule has 2 aliphatic rings. The molecule has 0 spiro atoms. The second-order valence-electron chi connectivity index (χ2n) is 6.85. The molecular weight excluding hydrogens is 363 g/mol. The zero-order chi connectivity index (χ0) is 19.5. The third kappa shape index (κ3) is 3.88. The van der Waals surface area contributed by atoms with E-state index in [1.54, 1.807) is 40.4 Å². The van der Waals surface area contributed by atoms with Crippen LogP contribution in [0.15, 0.2) is 42.7 Å². The summed E-state index contributed by atoms with van der Waals surface area (Å²) in [6.07, 6.45) is 3.64. The molecular formula is C19H21FN6O2. The van der Waals surface area contributed by atoms with E-state index in [4.69, 9.17) is 0 Å². The predicted octanol–water partition coefficient (Wildman–Crippen LogP) is 1.25. The minimum atomic E-state index is -0.347. The van der Waals surface area contributed by atoms with Crippen LogP contribution >= 0.6 is 0 Å². The first kappa shape index (κ1) is 18.1. The van der Waals surface area contributed by atoms with Gasteiger partial charge < -0.3 is 20.0 Å². The lowest BCUT2D eigenvalue weighted by Crippen LogP contribution is -2.54. The fourth-order valence-electron chi connectivity index (χ4n) is 3.50. The van der Waals surface area contributed by atoms with Crippen LogP contribution in [0.25, 0.3) is 0 Å². The molecule has 0 saturated carbocycles. The van der Waals surface area contributed by atoms with Crippen LogP contribution in [-0.2, 0) is 4.79 Å². The van der Waals surface area contributed by atoms with Crippen LogP contribution in [0.5, 0.6) is 0 Å². The summed E-state index contributed by atoms with van der Waals surface area (Å²) in [5, 5.41) is 2.95. The number of nitrogens with zero attached hydrogens (tertiary/aromatic N) is 5. The van der Waals surface area contributed by atoms with Gasteiger partial charge in [-0.05, 0) is 30.3 Å². The molecule has 9 heteroatoms. The molecule has 0 unspecified atom stereocenters. The molecule has 2 saturated heterocycles. The van der Waals surface area contributed by atoms with Crippen molar-refractivity contribution in [2.45, 2.75) is 12.5 Å². The van der Waals surface area contributed by atoms with E-state index in [1.807, 2.05) is 4.90 Å². The van der Waals surface area contributed by atoms with E-state index in [0.29, 0.717) is 44.4 Å². The number of aromatic nitrogens is 2. The average molecular weight is 384 g/mol. The standard InChI is InChI=1S/C19H21FN6O2/c20-14-2-4-16(5-3-14)26-13-15(12-17(26)27)23-19(28)25-10-8-24(9-11-25)18-21-6-1-7-22-18/h1-7,15H,8-13H2,(H,23,28)/t15-/m0/s1. The molecule has 146 valence electrons. The van der Waals surface area contributed by atoms with Gasteiger partial charge in [0.05, 0.1) is 6.04 Å². The lowest BCUT2D eigenvalue weighted by atomic mass is 10.2. The number of benzene rings is 1. The average Bonchev–Trinajstić information content (AvgIpc) is 3.09. The first-order valence-corrected chi connectivity index (χ1v) is 9.23. The molecule has 1 N–H and O–H groups in total. The van der Waals surface area contributed by atoms with Gasteiger partial charge in [0, 0.05) is 57.2 Å². The Balaban J connectivity index is 1.30. The monoisotopic (exact) mass is 384 g/mol. The molecule has 3 amide bonds. The van der Waals surface area contributed by atoms with Gasteiger partial charge in [0.2, 0.25) is 11.9 Å². The molecule has 3 heterocycles. The number of piperazine rings is 1. The number of hydrogen-bond donors (Lipinski definition) is 1. The summed E-state index contributed by atoms with van der Waals surface area (Å²) < 4.78 is 13.1. The molecule has 2 aliphatic heterocycles. The van der Waals surface area contributed by atoms with Crippen LogP contribution in [0.3, 0.4) is 0 Å². The predicted molar refractivity (Wildman–Crippen MR) is 102 cm³/mol. The summed E-state index contributed by atoms with van der Waals surface area (Å²) in [5.41, 5.74) is 0.639. The maximum absolute atomic E-state index is 13.1. The maximum Gasteiger partial charge on any atom is 0.317 e. The van der Waals surface area contributed by atoms with Crippen molar-refractivity contribution in [2.24, 2.45) is 0 Å². The van der Waals surface area contributed by atoms with Crippen LogP contribution in [0, 0.1) is 5.82 Å². The van der Waals surface area contributed by atoms with Crippen molar-refractivity contribution in [1.82, 2.24) is 20.2 Å². The second kappa shape index (κ2) is 7.79. The lowest BCUT2D eigenvalue weighted by Gasteiger charge is -2.35. The van der Waals surface area contributed by atoms with Crippen molar-refractivity contribution in [2.75, 3.05) is 42.5 Å². The zero-order valence-electron chi connectivity index (χ0n) is 15.3. The quantitative estimate of drug-likeness (QED) is 0.862. The second-order valence-corrected chi connectivity index (χ2v) is 6.85. The fourth-order valence-corrected chi connectivity index (χ4v) is 3.50. The summed E-state index contributed by atoms with van der Waals surface area (Å²) >= 11 is 0. The molecule has 1 aromatic heterocycles. The summed E-state index contributed by atoms with van der Waals surface area (Å²) in [6, 6.07) is 7.12. The van der Waals surface area contributed by atoms with Gasteiger partial charge in [0.25, 0.3) is 0 Å². The number of carbonyl (C=O) groups excluding carboxylic acids is 2. The number of halogens is 1. The van der Waals surface area contributed by atoms with E-state index in [2.05, 4.69) is 15.3 Å². The highest BCUT2D eigenvalue weighted by atomic mass is 19.1. The van der Waals surface area contributed by atoms with E-state index >= 15 is 0 Å². The maximum atomic E-state index is 13.1. The molecule has 2 fully saturated rings. The van der Waals surface area contributed by atoms with Crippen molar-refractivity contribution in [3.05, 3.63) is 48.5 Å². The molecule has 0 radical (unpaired) electrons. The Bertz CT molecular complexity index is 839. The van der Waals surface area contributed by atoms with Gasteiger partial charge in [-0.1, -0.05) is 0 Å². The fraction of sp³-hybridized carbons (Fsp3) is 0.368. The highest BCUT2D eigenvalue weighted by Gasteiger charge is 2.33. The highest BCUT2D eigenvalue weighted by molar-refractivity contribution is 5.96. The van der Waals surface area contributed by atoms with Crippen LogP contribution in [0.1, 0.15) is 6.42 Å². The lowest BCUT2D eigenvalue weighted by molar-refractivity contribution is -0.117. The highest BCUT2D eigenvalue weighted by Crippen LogP contribution is 2.22. The van der Waals surface area contributed by atoms with Gasteiger partial charge in [-0.3, -0.25) is 4.79 Å². The Kier molecular flexibility index (Phi) is 5.05. The number of hydrogen-bond acceptors (Lipinski definition) is 5. The third-order valence-electron chi connectivity index (χ3n) is 4.99. The summed E-state index contributed by atoms with van der Waals surface area (Å²) in [4.78, 5) is 38.7. The van der Waals surface area contributed by atoms with Crippen LogP contribution in [0.4, 0.5) is 20.8 Å². The van der Waals surface area contributed by atoms with Gasteiger partial charge in [0.15, 0.2) is 0 Å². The van der Waals surface area contributed by atoms with E-state index in [1.165, 1.54) is 12.1 Å². The van der Waals surface area contributed by atoms with Gasteiger partial charge >= 0.3 is 6.03 Å². The normalized spacial score (nSPS) is 19.8. The number of nitrogens with one attached hydrogen (secondary N) is 1. The number of rotatable bonds is 3. The van der Waals surface area contributed by atoms with Crippen LogP contribution < -0.4 is 15.1 Å². The van der Waals surface area contributed by atoms with E-state index < -0.39 is 0 Å². The van der Waals surface area contributed by atoms with Crippen molar-refractivity contribution < 1.29 is 14.0 Å². The van der Waals surface area contributed by atoms with Crippen LogP contribution in [0.2, 0.25) is 0 Å². The Morgan fingerprint density at radius 3 is 2.43 bits per heavy atom. The molecule has 8 nitrogen and oxygen atoms in total. The molecule has 2 aromatic rings. The van der Waals surface area contributed by atoms with Gasteiger partial charge in [-0.2, -0.15) is 0 Å². The Hall–Kier alpha value is -3.23. The smallest absolute Gasteiger partial charge is 0.317 e. The van der Waals surface area contributed by atoms with Crippen molar-refractivity contribution in [3.63, 3.8) is 0 Å². The van der Waals surface area contributed by atoms with Gasteiger partial charge in [-0.15, -0.1) is 0 Å². The summed E-state index contributed by atoms with van der Waals surface area (Å²) in [7, 11) is 0. The van der Waals surface area contributed by atoms with Crippen molar-refractivity contribution in [1.29, 1.82) is 0 Å². The molecule has 28 heavy (non-hydrogen) atoms. The number of urea groups is 1. The Morgan fingerprint density at radius 1 is 1.07 bits per heavy atom.